The average Bonchev–Trinajstić information content (AvgIpc) is 3.32. The first-order chi connectivity index (χ1) is 14.6. The second kappa shape index (κ2) is 8.39. The predicted molar refractivity (Wildman–Crippen MR) is 110 cm³/mol. The Balaban J connectivity index is 1.79. The summed E-state index contributed by atoms with van der Waals surface area (Å²) in [7, 11) is 0. The van der Waals surface area contributed by atoms with Crippen molar-refractivity contribution in [2.45, 2.75) is 33.8 Å². The summed E-state index contributed by atoms with van der Waals surface area (Å²) < 4.78 is 10.7. The van der Waals surface area contributed by atoms with E-state index in [0.29, 0.717) is 16.8 Å². The maximum atomic E-state index is 12.7. The fourth-order valence-corrected chi connectivity index (χ4v) is 3.43. The van der Waals surface area contributed by atoms with Crippen molar-refractivity contribution in [3.63, 3.8) is 0 Å². The summed E-state index contributed by atoms with van der Waals surface area (Å²) in [5.74, 6) is -1.63. The van der Waals surface area contributed by atoms with E-state index in [2.05, 4.69) is 4.98 Å². The smallest absolute Gasteiger partial charge is 0.374 e. The lowest BCUT2D eigenvalue weighted by atomic mass is 10.0. The molecule has 3 aromatic rings. The number of ether oxygens (including phenoxy) is 1. The lowest BCUT2D eigenvalue weighted by Crippen LogP contribution is -2.25. The normalized spacial score (nSPS) is 11.7. The molecule has 0 aliphatic carbocycles. The zero-order valence-corrected chi connectivity index (χ0v) is 17.3. The van der Waals surface area contributed by atoms with Crippen LogP contribution in [0.5, 0.6) is 0 Å². The van der Waals surface area contributed by atoms with Crippen molar-refractivity contribution in [1.29, 1.82) is 0 Å². The lowest BCUT2D eigenvalue weighted by Gasteiger charge is -2.11. The van der Waals surface area contributed by atoms with Gasteiger partial charge in [-0.1, -0.05) is 12.1 Å². The fourth-order valence-electron chi connectivity index (χ4n) is 3.43. The van der Waals surface area contributed by atoms with Crippen LogP contribution >= 0.6 is 0 Å². The minimum atomic E-state index is -1.15. The second-order valence-electron chi connectivity index (χ2n) is 7.03. The second-order valence-corrected chi connectivity index (χ2v) is 7.03. The van der Waals surface area contributed by atoms with Gasteiger partial charge in [-0.15, -0.1) is 0 Å². The van der Waals surface area contributed by atoms with Crippen molar-refractivity contribution >= 4 is 23.2 Å². The minimum Gasteiger partial charge on any atom is -0.449 e. The molecule has 0 saturated heterocycles. The van der Waals surface area contributed by atoms with Crippen LogP contribution in [0.15, 0.2) is 40.8 Å². The first-order valence-electron chi connectivity index (χ1n) is 9.40. The van der Waals surface area contributed by atoms with Gasteiger partial charge in [0.1, 0.15) is 5.76 Å². The SMILES string of the molecule is CC(=O)c1c(C)[nH]c(C(=O)[C@H](C)OC(=O)c2ccc(-c3ccccc3[N+](=O)[O-])o2)c1C. The Labute approximate surface area is 177 Å². The van der Waals surface area contributed by atoms with Crippen LogP contribution in [0.3, 0.4) is 0 Å². The molecule has 9 heteroatoms. The Kier molecular flexibility index (Phi) is 5.87. The number of nitro benzene ring substituents is 1. The molecule has 160 valence electrons. The number of hydrogen-bond acceptors (Lipinski definition) is 7. The van der Waals surface area contributed by atoms with E-state index in [1.54, 1.807) is 19.9 Å². The fraction of sp³-hybridized carbons (Fsp3) is 0.227. The Morgan fingerprint density at radius 1 is 1.13 bits per heavy atom. The maximum absolute atomic E-state index is 12.7. The summed E-state index contributed by atoms with van der Waals surface area (Å²) in [6.07, 6.45) is -1.15. The number of aromatic nitrogens is 1. The van der Waals surface area contributed by atoms with E-state index in [9.17, 15) is 24.5 Å². The largest absolute Gasteiger partial charge is 0.449 e. The predicted octanol–water partition coefficient (Wildman–Crippen LogP) is 4.43. The van der Waals surface area contributed by atoms with Crippen LogP contribution in [0, 0.1) is 24.0 Å². The number of hydrogen-bond donors (Lipinski definition) is 1. The number of nitro groups is 1. The summed E-state index contributed by atoms with van der Waals surface area (Å²) in [5.41, 5.74) is 1.73. The number of carbonyl (C=O) groups is 3. The van der Waals surface area contributed by atoms with E-state index in [4.69, 9.17) is 9.15 Å². The highest BCUT2D eigenvalue weighted by Gasteiger charge is 2.27. The average molecular weight is 424 g/mol. The molecule has 0 saturated carbocycles. The highest BCUT2D eigenvalue weighted by atomic mass is 16.6. The van der Waals surface area contributed by atoms with Gasteiger partial charge in [-0.05, 0) is 51.5 Å². The van der Waals surface area contributed by atoms with Gasteiger partial charge in [0.25, 0.3) is 5.69 Å². The number of furan rings is 1. The summed E-state index contributed by atoms with van der Waals surface area (Å²) in [5, 5.41) is 11.2. The number of benzene rings is 1. The molecule has 2 aromatic heterocycles. The molecule has 2 heterocycles. The summed E-state index contributed by atoms with van der Waals surface area (Å²) in [6, 6.07) is 8.70. The number of aromatic amines is 1. The zero-order valence-electron chi connectivity index (χ0n) is 17.3. The van der Waals surface area contributed by atoms with Crippen LogP contribution in [0.1, 0.15) is 56.5 Å². The molecule has 0 aliphatic rings. The molecular formula is C22H20N2O7. The van der Waals surface area contributed by atoms with Crippen LogP contribution in [0.25, 0.3) is 11.3 Å². The van der Waals surface area contributed by atoms with E-state index in [1.807, 2.05) is 0 Å². The third-order valence-corrected chi connectivity index (χ3v) is 4.86. The Morgan fingerprint density at radius 3 is 2.42 bits per heavy atom. The summed E-state index contributed by atoms with van der Waals surface area (Å²) in [4.78, 5) is 50.5. The van der Waals surface area contributed by atoms with Crippen molar-refractivity contribution in [2.75, 3.05) is 0 Å². The van der Waals surface area contributed by atoms with Gasteiger partial charge in [0.15, 0.2) is 11.9 Å². The molecule has 0 unspecified atom stereocenters. The molecule has 0 spiro atoms. The Hall–Kier alpha value is -4.01. The third-order valence-electron chi connectivity index (χ3n) is 4.86. The van der Waals surface area contributed by atoms with Crippen molar-refractivity contribution < 1.29 is 28.5 Å². The quantitative estimate of drug-likeness (QED) is 0.257. The topological polar surface area (TPSA) is 133 Å². The van der Waals surface area contributed by atoms with E-state index in [1.165, 1.54) is 44.2 Å². The van der Waals surface area contributed by atoms with Crippen molar-refractivity contribution in [1.82, 2.24) is 4.98 Å². The monoisotopic (exact) mass is 424 g/mol. The molecule has 0 bridgehead atoms. The van der Waals surface area contributed by atoms with Gasteiger partial charge in [0, 0.05) is 17.3 Å². The van der Waals surface area contributed by atoms with E-state index in [-0.39, 0.29) is 34.2 Å². The highest BCUT2D eigenvalue weighted by Crippen LogP contribution is 2.31. The molecule has 0 amide bonds. The van der Waals surface area contributed by atoms with Crippen LogP contribution in [-0.4, -0.2) is 33.5 Å². The molecule has 0 radical (unpaired) electrons. The lowest BCUT2D eigenvalue weighted by molar-refractivity contribution is -0.384. The summed E-state index contributed by atoms with van der Waals surface area (Å²) >= 11 is 0. The van der Waals surface area contributed by atoms with Crippen LogP contribution in [0.2, 0.25) is 0 Å². The van der Waals surface area contributed by atoms with Gasteiger partial charge in [0.2, 0.25) is 11.5 Å². The number of carbonyl (C=O) groups excluding carboxylic acids is 3. The van der Waals surface area contributed by atoms with Gasteiger partial charge < -0.3 is 14.1 Å². The van der Waals surface area contributed by atoms with Crippen LogP contribution in [-0.2, 0) is 4.74 Å². The third kappa shape index (κ3) is 4.16. The molecule has 1 aromatic carbocycles. The van der Waals surface area contributed by atoms with Crippen molar-refractivity contribution in [2.24, 2.45) is 0 Å². The van der Waals surface area contributed by atoms with Crippen molar-refractivity contribution in [3.05, 3.63) is 74.8 Å². The molecule has 0 aliphatic heterocycles. The molecule has 1 atom stereocenters. The summed E-state index contributed by atoms with van der Waals surface area (Å²) in [6.45, 7) is 6.15. The number of rotatable bonds is 7. The molecule has 3 rings (SSSR count). The number of para-hydroxylation sites is 1. The van der Waals surface area contributed by atoms with E-state index in [0.717, 1.165) is 0 Å². The van der Waals surface area contributed by atoms with Crippen LogP contribution < -0.4 is 0 Å². The van der Waals surface area contributed by atoms with Crippen LogP contribution in [0.4, 0.5) is 5.69 Å². The van der Waals surface area contributed by atoms with Gasteiger partial charge in [0.05, 0.1) is 16.2 Å². The number of Topliss-reactive ketones (excluding diaryl/α,β-unsaturated/α-hetero) is 2. The number of H-pyrrole nitrogens is 1. The number of nitrogens with zero attached hydrogens (tertiary/aromatic N) is 1. The molecule has 1 N–H and O–H groups in total. The Bertz CT molecular complexity index is 1200. The molecule has 9 nitrogen and oxygen atoms in total. The Morgan fingerprint density at radius 2 is 1.81 bits per heavy atom. The minimum absolute atomic E-state index is 0.125. The molecular weight excluding hydrogens is 404 g/mol. The number of esters is 1. The maximum Gasteiger partial charge on any atom is 0.374 e. The van der Waals surface area contributed by atoms with E-state index >= 15 is 0 Å². The number of aryl methyl sites for hydroxylation is 1. The van der Waals surface area contributed by atoms with Gasteiger partial charge in [-0.25, -0.2) is 4.79 Å². The highest BCUT2D eigenvalue weighted by molar-refractivity contribution is 6.05. The number of ketones is 2. The first kappa shape index (κ1) is 21.7. The molecule has 0 fully saturated rings. The van der Waals surface area contributed by atoms with Gasteiger partial charge >= 0.3 is 5.97 Å². The number of nitrogens with one attached hydrogen (secondary N) is 1. The van der Waals surface area contributed by atoms with Crippen molar-refractivity contribution in [3.8, 4) is 11.3 Å². The zero-order chi connectivity index (χ0) is 22.9. The standard InChI is InChI=1S/C22H20N2O7/c1-11-19(13(3)25)12(2)23-20(11)21(26)14(4)30-22(27)18-10-9-17(31-18)15-7-5-6-8-16(15)24(28)29/h5-10,14,23H,1-4H3/t14-/m0/s1. The molecule has 31 heavy (non-hydrogen) atoms. The first-order valence-corrected chi connectivity index (χ1v) is 9.40. The van der Waals surface area contributed by atoms with E-state index < -0.39 is 22.8 Å². The van der Waals surface area contributed by atoms with Gasteiger partial charge in [-0.2, -0.15) is 0 Å². The van der Waals surface area contributed by atoms with Gasteiger partial charge in [-0.3, -0.25) is 19.7 Å².